The van der Waals surface area contributed by atoms with Crippen LogP contribution in [0.2, 0.25) is 0 Å². The lowest BCUT2D eigenvalue weighted by Gasteiger charge is -2.39. The van der Waals surface area contributed by atoms with Gasteiger partial charge in [-0.15, -0.1) is 11.3 Å². The zero-order valence-electron chi connectivity index (χ0n) is 18.6. The van der Waals surface area contributed by atoms with Gasteiger partial charge in [-0.1, -0.05) is 6.07 Å². The van der Waals surface area contributed by atoms with E-state index in [1.165, 1.54) is 0 Å². The van der Waals surface area contributed by atoms with Gasteiger partial charge in [-0.3, -0.25) is 4.79 Å². The van der Waals surface area contributed by atoms with E-state index in [2.05, 4.69) is 10.00 Å². The summed E-state index contributed by atoms with van der Waals surface area (Å²) in [6.45, 7) is 3.41. The Kier molecular flexibility index (Phi) is 5.92. The molecule has 0 radical (unpaired) electrons. The maximum atomic E-state index is 13.0. The second-order valence-corrected chi connectivity index (χ2v) is 9.37. The van der Waals surface area contributed by atoms with Crippen molar-refractivity contribution in [1.82, 2.24) is 19.6 Å². The van der Waals surface area contributed by atoms with Crippen LogP contribution in [0.3, 0.4) is 0 Å². The first-order valence-electron chi connectivity index (χ1n) is 11.0. The van der Waals surface area contributed by atoms with Gasteiger partial charge in [0.05, 0.1) is 34.1 Å². The monoisotopic (exact) mass is 462 g/mol. The van der Waals surface area contributed by atoms with Crippen molar-refractivity contribution < 1.29 is 9.53 Å². The van der Waals surface area contributed by atoms with Crippen LogP contribution in [0, 0.1) is 0 Å². The fourth-order valence-corrected chi connectivity index (χ4v) is 4.56. The maximum Gasteiger partial charge on any atom is 0.165 e. The minimum absolute atomic E-state index is 0.0212. The summed E-state index contributed by atoms with van der Waals surface area (Å²) in [4.78, 5) is 25.9. The quantitative estimate of drug-likeness (QED) is 0.399. The van der Waals surface area contributed by atoms with E-state index in [4.69, 9.17) is 20.4 Å². The highest BCUT2D eigenvalue weighted by atomic mass is 32.1. The van der Waals surface area contributed by atoms with Crippen molar-refractivity contribution in [1.29, 1.82) is 0 Å². The molecule has 33 heavy (non-hydrogen) atoms. The number of rotatable bonds is 8. The Morgan fingerprint density at radius 3 is 2.85 bits per heavy atom. The van der Waals surface area contributed by atoms with E-state index in [-0.39, 0.29) is 17.9 Å². The van der Waals surface area contributed by atoms with Crippen LogP contribution in [0.4, 0.5) is 5.82 Å². The third kappa shape index (κ3) is 4.39. The van der Waals surface area contributed by atoms with Gasteiger partial charge in [0.1, 0.15) is 5.82 Å². The van der Waals surface area contributed by atoms with E-state index in [1.807, 2.05) is 48.8 Å². The number of aromatic nitrogens is 4. The molecule has 1 fully saturated rings. The van der Waals surface area contributed by atoms with Gasteiger partial charge in [0.25, 0.3) is 0 Å². The van der Waals surface area contributed by atoms with Crippen LogP contribution < -0.4 is 10.6 Å². The number of hydrogen-bond donors (Lipinski definition) is 1. The number of fused-ring (bicyclic) bond motifs is 1. The first-order valence-corrected chi connectivity index (χ1v) is 11.9. The maximum absolute atomic E-state index is 13.0. The van der Waals surface area contributed by atoms with E-state index in [0.29, 0.717) is 29.7 Å². The zero-order chi connectivity index (χ0) is 22.9. The molecule has 8 nitrogen and oxygen atoms in total. The highest BCUT2D eigenvalue weighted by Crippen LogP contribution is 2.30. The zero-order valence-corrected chi connectivity index (χ0v) is 19.5. The van der Waals surface area contributed by atoms with Crippen molar-refractivity contribution in [2.75, 3.05) is 25.1 Å². The minimum Gasteiger partial charge on any atom is -0.378 e. The molecule has 1 aliphatic heterocycles. The van der Waals surface area contributed by atoms with Gasteiger partial charge in [-0.05, 0) is 43.0 Å². The van der Waals surface area contributed by atoms with Gasteiger partial charge in [0.2, 0.25) is 0 Å². The normalized spacial score (nSPS) is 15.1. The fourth-order valence-electron chi connectivity index (χ4n) is 3.87. The molecule has 2 N–H and O–H groups in total. The van der Waals surface area contributed by atoms with Crippen LogP contribution in [0.15, 0.2) is 48.1 Å². The number of pyridine rings is 1. The Labute approximate surface area is 196 Å². The highest BCUT2D eigenvalue weighted by Gasteiger charge is 2.29. The molecule has 0 aliphatic carbocycles. The third-order valence-electron chi connectivity index (χ3n) is 5.88. The standard InChI is InChI=1S/C24H26N6O2S/c1-15(25)5-6-21(31)16-10-20(27-23(11-16)29-13-17(14-29)32-2)18-12-26-30-8-7-19(28-24(18)30)22-4-3-9-33-22/h3-4,7-12,15,17H,5-6,13-14,25H2,1-2H3/t15-/m0/s1. The first kappa shape index (κ1) is 21.7. The molecule has 0 unspecified atom stereocenters. The number of Topliss-reactive ketones (excluding diaryl/α,β-unsaturated/α-hetero) is 1. The molecule has 1 saturated heterocycles. The molecule has 0 bridgehead atoms. The number of nitrogens with zero attached hydrogens (tertiary/aromatic N) is 5. The largest absolute Gasteiger partial charge is 0.378 e. The molecule has 4 aromatic heterocycles. The van der Waals surface area contributed by atoms with Gasteiger partial charge >= 0.3 is 0 Å². The molecule has 1 atom stereocenters. The minimum atomic E-state index is -0.0212. The SMILES string of the molecule is COC1CN(c2cc(C(=O)CC[C@H](C)N)cc(-c3cnn4ccc(-c5cccs5)nc34)n2)C1. The second kappa shape index (κ2) is 9.01. The third-order valence-corrected chi connectivity index (χ3v) is 6.78. The van der Waals surface area contributed by atoms with E-state index < -0.39 is 0 Å². The summed E-state index contributed by atoms with van der Waals surface area (Å²) in [5.74, 6) is 0.823. The fraction of sp³-hybridized carbons (Fsp3) is 0.333. The summed E-state index contributed by atoms with van der Waals surface area (Å²) in [7, 11) is 1.71. The molecular formula is C24H26N6O2S. The molecule has 4 aromatic rings. The van der Waals surface area contributed by atoms with E-state index in [0.717, 1.165) is 35.0 Å². The summed E-state index contributed by atoms with van der Waals surface area (Å²) in [5.41, 5.74) is 9.57. The molecule has 0 amide bonds. The lowest BCUT2D eigenvalue weighted by Crippen LogP contribution is -2.52. The molecule has 0 aromatic carbocycles. The highest BCUT2D eigenvalue weighted by molar-refractivity contribution is 7.13. The number of ether oxygens (including phenoxy) is 1. The van der Waals surface area contributed by atoms with Gasteiger partial charge in [-0.2, -0.15) is 5.10 Å². The molecular weight excluding hydrogens is 436 g/mol. The summed E-state index contributed by atoms with van der Waals surface area (Å²) in [6, 6.07) is 9.70. The predicted octanol–water partition coefficient (Wildman–Crippen LogP) is 3.66. The van der Waals surface area contributed by atoms with Crippen molar-refractivity contribution >= 4 is 28.6 Å². The van der Waals surface area contributed by atoms with Crippen molar-refractivity contribution in [3.05, 3.63) is 53.7 Å². The van der Waals surface area contributed by atoms with Crippen molar-refractivity contribution in [3.63, 3.8) is 0 Å². The molecule has 0 spiro atoms. The van der Waals surface area contributed by atoms with E-state index in [9.17, 15) is 4.79 Å². The summed E-state index contributed by atoms with van der Waals surface area (Å²) in [5, 5.41) is 6.50. The molecule has 170 valence electrons. The number of nitrogens with two attached hydrogens (primary N) is 1. The van der Waals surface area contributed by atoms with Crippen LogP contribution in [-0.2, 0) is 4.74 Å². The number of carbonyl (C=O) groups is 1. The Bertz CT molecular complexity index is 1280. The second-order valence-electron chi connectivity index (χ2n) is 8.42. The van der Waals surface area contributed by atoms with Crippen molar-refractivity contribution in [3.8, 4) is 21.8 Å². The van der Waals surface area contributed by atoms with E-state index in [1.54, 1.807) is 29.2 Å². The number of thiophene rings is 1. The van der Waals surface area contributed by atoms with Crippen LogP contribution in [0.5, 0.6) is 0 Å². The average Bonchev–Trinajstić information content (AvgIpc) is 3.46. The van der Waals surface area contributed by atoms with Crippen molar-refractivity contribution in [2.45, 2.75) is 31.9 Å². The van der Waals surface area contributed by atoms with Crippen LogP contribution >= 0.6 is 11.3 Å². The summed E-state index contributed by atoms with van der Waals surface area (Å²) in [6.07, 6.45) is 4.88. The van der Waals surface area contributed by atoms with Gasteiger partial charge in [0.15, 0.2) is 11.4 Å². The Morgan fingerprint density at radius 2 is 2.12 bits per heavy atom. The molecule has 9 heteroatoms. The van der Waals surface area contributed by atoms with Crippen LogP contribution in [0.25, 0.3) is 27.5 Å². The van der Waals surface area contributed by atoms with E-state index >= 15 is 0 Å². The van der Waals surface area contributed by atoms with Crippen LogP contribution in [-0.4, -0.2) is 57.7 Å². The number of anilines is 1. The van der Waals surface area contributed by atoms with Crippen molar-refractivity contribution in [2.24, 2.45) is 5.73 Å². The topological polar surface area (TPSA) is 98.6 Å². The number of ketones is 1. The first-order chi connectivity index (χ1) is 16.0. The Hall–Kier alpha value is -3.14. The molecule has 5 rings (SSSR count). The number of hydrogen-bond acceptors (Lipinski definition) is 8. The predicted molar refractivity (Wildman–Crippen MR) is 130 cm³/mol. The number of carbonyl (C=O) groups excluding carboxylic acids is 1. The number of methoxy groups -OCH3 is 1. The van der Waals surface area contributed by atoms with Crippen LogP contribution in [0.1, 0.15) is 30.1 Å². The molecule has 1 aliphatic rings. The summed E-state index contributed by atoms with van der Waals surface area (Å²) < 4.78 is 7.16. The van der Waals surface area contributed by atoms with Gasteiger partial charge in [-0.25, -0.2) is 14.5 Å². The Morgan fingerprint density at radius 1 is 1.27 bits per heavy atom. The lowest BCUT2D eigenvalue weighted by atomic mass is 10.0. The lowest BCUT2D eigenvalue weighted by molar-refractivity contribution is 0.0783. The smallest absolute Gasteiger partial charge is 0.165 e. The molecule has 5 heterocycles. The summed E-state index contributed by atoms with van der Waals surface area (Å²) >= 11 is 1.64. The van der Waals surface area contributed by atoms with Gasteiger partial charge < -0.3 is 15.4 Å². The van der Waals surface area contributed by atoms with Gasteiger partial charge in [0, 0.05) is 44.4 Å². The Balaban J connectivity index is 1.56. The average molecular weight is 463 g/mol. The molecule has 0 saturated carbocycles.